The number of hydrogen-bond donors (Lipinski definition) is 6. The molecule has 0 radical (unpaired) electrons. The van der Waals surface area contributed by atoms with Crippen LogP contribution < -0.4 is 16.0 Å². The van der Waals surface area contributed by atoms with Crippen LogP contribution in [0.2, 0.25) is 0 Å². The van der Waals surface area contributed by atoms with Crippen LogP contribution in [0.25, 0.3) is 10.9 Å². The van der Waals surface area contributed by atoms with Gasteiger partial charge in [0.2, 0.25) is 17.7 Å². The average molecular weight is 502 g/mol. The molecule has 5 N–H and O–H groups in total. The Balaban J connectivity index is 1.39. The Morgan fingerprint density at radius 1 is 1.11 bits per heavy atom. The highest BCUT2D eigenvalue weighted by molar-refractivity contribution is 7.80. The average Bonchev–Trinajstić information content (AvgIpc) is 3.62. The third-order valence-corrected chi connectivity index (χ3v) is 7.09. The first kappa shape index (κ1) is 25.1. The van der Waals surface area contributed by atoms with Crippen molar-refractivity contribution in [1.82, 2.24) is 25.8 Å². The predicted octanol–water partition coefficient (Wildman–Crippen LogP) is 0.437. The van der Waals surface area contributed by atoms with Gasteiger partial charge in [0, 0.05) is 35.8 Å². The molecule has 2 aromatic rings. The van der Waals surface area contributed by atoms with E-state index in [0.29, 0.717) is 19.4 Å². The molecular weight excluding hydrogens is 470 g/mol. The number of para-hydroxylation sites is 1. The number of carboxylic acids is 1. The highest BCUT2D eigenvalue weighted by atomic mass is 32.1. The number of thiol groups is 1. The van der Waals surface area contributed by atoms with Crippen LogP contribution in [0.15, 0.2) is 30.5 Å². The maximum absolute atomic E-state index is 13.0. The van der Waals surface area contributed by atoms with Gasteiger partial charge in [-0.1, -0.05) is 18.2 Å². The Hall–Kier alpha value is -3.05. The van der Waals surface area contributed by atoms with Gasteiger partial charge in [-0.3, -0.25) is 14.4 Å². The number of amides is 3. The summed E-state index contributed by atoms with van der Waals surface area (Å²) in [5, 5.41) is 19.0. The van der Waals surface area contributed by atoms with Crippen LogP contribution in [-0.4, -0.2) is 81.7 Å². The standard InChI is InChI=1S/C24H31N5O5S/c30-21(27-18(24(33)34)11-14-12-26-16-6-2-1-5-15(14)16)19(13-35)28-22(31)20-8-4-10-29(20)23(32)17-7-3-9-25-17/h1-2,5-6,12,17-20,25-26,35H,3-4,7-11,13H2,(H,27,30)(H,28,31)(H,33,34). The molecule has 0 spiro atoms. The number of aliphatic carboxylic acids is 1. The monoisotopic (exact) mass is 501 g/mol. The minimum absolute atomic E-state index is 0.0121. The van der Waals surface area contributed by atoms with Crippen LogP contribution in [0.4, 0.5) is 0 Å². The number of nitrogens with one attached hydrogen (secondary N) is 4. The van der Waals surface area contributed by atoms with Crippen molar-refractivity contribution < 1.29 is 24.3 Å². The lowest BCUT2D eigenvalue weighted by atomic mass is 10.0. The first-order valence-corrected chi connectivity index (χ1v) is 12.6. The Morgan fingerprint density at radius 2 is 1.91 bits per heavy atom. The van der Waals surface area contributed by atoms with Crippen LogP contribution in [0.3, 0.4) is 0 Å². The van der Waals surface area contributed by atoms with E-state index in [0.717, 1.165) is 35.9 Å². The Bertz CT molecular complexity index is 1100. The molecule has 1 aromatic heterocycles. The van der Waals surface area contributed by atoms with Crippen LogP contribution in [-0.2, 0) is 25.6 Å². The molecule has 3 heterocycles. The topological polar surface area (TPSA) is 144 Å². The first-order valence-electron chi connectivity index (χ1n) is 11.9. The zero-order chi connectivity index (χ0) is 24.9. The lowest BCUT2D eigenvalue weighted by molar-refractivity contribution is -0.143. The molecule has 3 amide bonds. The molecule has 1 aromatic carbocycles. The van der Waals surface area contributed by atoms with Crippen molar-refractivity contribution in [1.29, 1.82) is 0 Å². The Kier molecular flexibility index (Phi) is 7.97. The van der Waals surface area contributed by atoms with Gasteiger partial charge in [-0.05, 0) is 43.9 Å². The number of carbonyl (C=O) groups excluding carboxylic acids is 3. The zero-order valence-corrected chi connectivity index (χ0v) is 20.2. The molecule has 2 saturated heterocycles. The lowest BCUT2D eigenvalue weighted by Gasteiger charge is -2.28. The van der Waals surface area contributed by atoms with E-state index in [4.69, 9.17) is 0 Å². The van der Waals surface area contributed by atoms with Crippen LogP contribution in [0.1, 0.15) is 31.2 Å². The minimum Gasteiger partial charge on any atom is -0.480 e. The molecule has 188 valence electrons. The molecule has 0 bridgehead atoms. The van der Waals surface area contributed by atoms with Gasteiger partial charge in [-0.15, -0.1) is 0 Å². The molecule has 2 aliphatic heterocycles. The molecule has 0 saturated carbocycles. The van der Waals surface area contributed by atoms with Crippen molar-refractivity contribution in [3.05, 3.63) is 36.0 Å². The number of likely N-dealkylation sites (tertiary alicyclic amines) is 1. The maximum atomic E-state index is 13.0. The summed E-state index contributed by atoms with van der Waals surface area (Å²) >= 11 is 4.20. The quantitative estimate of drug-likeness (QED) is 0.275. The first-order chi connectivity index (χ1) is 16.9. The van der Waals surface area contributed by atoms with Gasteiger partial charge in [0.05, 0.1) is 6.04 Å². The third-order valence-electron chi connectivity index (χ3n) is 6.73. The molecule has 4 atom stereocenters. The fraction of sp³-hybridized carbons (Fsp3) is 0.500. The van der Waals surface area contributed by atoms with Gasteiger partial charge < -0.3 is 30.9 Å². The number of aromatic nitrogens is 1. The summed E-state index contributed by atoms with van der Waals surface area (Å²) in [6.45, 7) is 1.28. The Morgan fingerprint density at radius 3 is 2.63 bits per heavy atom. The highest BCUT2D eigenvalue weighted by Crippen LogP contribution is 2.21. The summed E-state index contributed by atoms with van der Waals surface area (Å²) in [4.78, 5) is 55.4. The van der Waals surface area contributed by atoms with E-state index in [2.05, 4.69) is 33.6 Å². The summed E-state index contributed by atoms with van der Waals surface area (Å²) in [6, 6.07) is 4.38. The highest BCUT2D eigenvalue weighted by Gasteiger charge is 2.39. The van der Waals surface area contributed by atoms with Gasteiger partial charge in [-0.25, -0.2) is 4.79 Å². The number of nitrogens with zero attached hydrogens (tertiary/aromatic N) is 1. The molecule has 11 heteroatoms. The third kappa shape index (κ3) is 5.62. The predicted molar refractivity (Wildman–Crippen MR) is 133 cm³/mol. The molecule has 4 unspecified atom stereocenters. The number of fused-ring (bicyclic) bond motifs is 1. The maximum Gasteiger partial charge on any atom is 0.326 e. The van der Waals surface area contributed by atoms with Crippen molar-refractivity contribution in [2.45, 2.75) is 56.3 Å². The largest absolute Gasteiger partial charge is 0.480 e. The van der Waals surface area contributed by atoms with E-state index in [1.165, 1.54) is 0 Å². The van der Waals surface area contributed by atoms with Gasteiger partial charge >= 0.3 is 5.97 Å². The summed E-state index contributed by atoms with van der Waals surface area (Å²) in [7, 11) is 0. The SMILES string of the molecule is O=C(O)C(Cc1c[nH]c2ccccc12)NC(=O)C(CS)NC(=O)C1CCCN1C(=O)C1CCCN1. The lowest BCUT2D eigenvalue weighted by Crippen LogP contribution is -2.57. The van der Waals surface area contributed by atoms with Crippen molar-refractivity contribution >= 4 is 47.2 Å². The van der Waals surface area contributed by atoms with Crippen molar-refractivity contribution in [3.63, 3.8) is 0 Å². The van der Waals surface area contributed by atoms with Crippen LogP contribution >= 0.6 is 12.6 Å². The number of carboxylic acid groups (broad SMARTS) is 1. The van der Waals surface area contributed by atoms with E-state index < -0.39 is 35.9 Å². The number of rotatable bonds is 9. The second kappa shape index (κ2) is 11.1. The molecule has 10 nitrogen and oxygen atoms in total. The summed E-state index contributed by atoms with van der Waals surface area (Å²) in [5.74, 6) is -2.33. The van der Waals surface area contributed by atoms with Gasteiger partial charge in [0.25, 0.3) is 0 Å². The van der Waals surface area contributed by atoms with Crippen LogP contribution in [0, 0.1) is 0 Å². The molecule has 2 fully saturated rings. The van der Waals surface area contributed by atoms with Gasteiger partial charge in [-0.2, -0.15) is 12.6 Å². The van der Waals surface area contributed by atoms with E-state index in [-0.39, 0.29) is 24.1 Å². The number of carbonyl (C=O) groups is 4. The van der Waals surface area contributed by atoms with Crippen molar-refractivity contribution in [2.75, 3.05) is 18.8 Å². The fourth-order valence-corrected chi connectivity index (χ4v) is 5.11. The molecule has 4 rings (SSSR count). The molecule has 35 heavy (non-hydrogen) atoms. The molecule has 2 aliphatic rings. The molecular formula is C24H31N5O5S. The second-order valence-electron chi connectivity index (χ2n) is 9.05. The van der Waals surface area contributed by atoms with E-state index in [9.17, 15) is 24.3 Å². The summed E-state index contributed by atoms with van der Waals surface area (Å²) < 4.78 is 0. The summed E-state index contributed by atoms with van der Waals surface area (Å²) in [6.07, 6.45) is 4.71. The normalized spacial score (nSPS) is 21.6. The number of hydrogen-bond acceptors (Lipinski definition) is 6. The second-order valence-corrected chi connectivity index (χ2v) is 9.41. The minimum atomic E-state index is -1.18. The zero-order valence-electron chi connectivity index (χ0n) is 19.3. The number of H-pyrrole nitrogens is 1. The van der Waals surface area contributed by atoms with E-state index >= 15 is 0 Å². The number of aromatic amines is 1. The van der Waals surface area contributed by atoms with Crippen molar-refractivity contribution in [2.24, 2.45) is 0 Å². The number of benzene rings is 1. The van der Waals surface area contributed by atoms with Gasteiger partial charge in [0.15, 0.2) is 0 Å². The van der Waals surface area contributed by atoms with Crippen LogP contribution in [0.5, 0.6) is 0 Å². The van der Waals surface area contributed by atoms with E-state index in [1.807, 2.05) is 24.3 Å². The van der Waals surface area contributed by atoms with Crippen molar-refractivity contribution in [3.8, 4) is 0 Å². The summed E-state index contributed by atoms with van der Waals surface area (Å²) in [5.41, 5.74) is 1.64. The van der Waals surface area contributed by atoms with Gasteiger partial charge in [0.1, 0.15) is 18.1 Å². The molecule has 0 aliphatic carbocycles. The van der Waals surface area contributed by atoms with E-state index in [1.54, 1.807) is 11.1 Å². The fourth-order valence-electron chi connectivity index (χ4n) is 4.85. The smallest absolute Gasteiger partial charge is 0.326 e. The Labute approximate surface area is 208 Å².